The molecule has 0 aliphatic heterocycles. The average molecular weight is 687 g/mol. The Hall–Kier alpha value is -3.22. The second kappa shape index (κ2) is 21.6. The van der Waals surface area contributed by atoms with Crippen LogP contribution in [0, 0.1) is 11.8 Å². The van der Waals surface area contributed by atoms with Crippen molar-refractivity contribution in [3.8, 4) is 0 Å². The Morgan fingerprint density at radius 3 is 2.30 bits per heavy atom. The summed E-state index contributed by atoms with van der Waals surface area (Å²) < 4.78 is 10.2. The number of hydrogen-bond acceptors (Lipinski definition) is 9. The molecular weight excluding hydrogens is 641 g/mol. The maximum Gasteiger partial charge on any atom is 0.405 e. The van der Waals surface area contributed by atoms with E-state index in [0.717, 1.165) is 5.57 Å². The van der Waals surface area contributed by atoms with E-state index in [-0.39, 0.29) is 5.03 Å². The molecule has 46 heavy (non-hydrogen) atoms. The van der Waals surface area contributed by atoms with Gasteiger partial charge in [-0.1, -0.05) is 73.6 Å². The highest BCUT2D eigenvalue weighted by molar-refractivity contribution is 6.30. The van der Waals surface area contributed by atoms with Gasteiger partial charge in [0.25, 0.3) is 0 Å². The van der Waals surface area contributed by atoms with E-state index in [1.54, 1.807) is 36.5 Å². The summed E-state index contributed by atoms with van der Waals surface area (Å²) in [5.74, 6) is -3.62. The summed E-state index contributed by atoms with van der Waals surface area (Å²) in [6.45, 7) is 5.16. The molecule has 1 unspecified atom stereocenters. The summed E-state index contributed by atoms with van der Waals surface area (Å²) in [5, 5.41) is 39.4. The van der Waals surface area contributed by atoms with Gasteiger partial charge < -0.3 is 35.6 Å². The van der Waals surface area contributed by atoms with Crippen molar-refractivity contribution in [3.05, 3.63) is 71.4 Å². The molecule has 0 aromatic heterocycles. The Labute approximate surface area is 279 Å². The number of Topliss-reactive ketones (excluding diaryl/α,β-unsaturated/α-hetero) is 1. The van der Waals surface area contributed by atoms with Crippen molar-refractivity contribution in [2.45, 2.75) is 95.2 Å². The Kier molecular flexibility index (Phi) is 19.1. The van der Waals surface area contributed by atoms with E-state index in [1.807, 2.05) is 13.8 Å². The number of carboxylic acid groups (broad SMARTS) is 1. The lowest BCUT2D eigenvalue weighted by molar-refractivity contribution is -0.151. The third-order valence-electron chi connectivity index (χ3n) is 7.19. The Bertz CT molecular complexity index is 1210. The normalized spacial score (nSPS) is 22.1. The smallest absolute Gasteiger partial charge is 0.405 e. The van der Waals surface area contributed by atoms with E-state index in [9.17, 15) is 34.5 Å². The fourth-order valence-electron chi connectivity index (χ4n) is 4.48. The number of carbonyl (C=O) groups excluding carboxylic acids is 3. The van der Waals surface area contributed by atoms with Gasteiger partial charge in [0, 0.05) is 23.4 Å². The second-order valence-corrected chi connectivity index (χ2v) is 11.9. The molecule has 1 rings (SSSR count). The minimum Gasteiger partial charge on any atom is -0.481 e. The van der Waals surface area contributed by atoms with Gasteiger partial charge in [0.05, 0.1) is 18.1 Å². The zero-order chi connectivity index (χ0) is 34.8. The van der Waals surface area contributed by atoms with Gasteiger partial charge in [-0.3, -0.25) is 9.59 Å². The molecule has 1 fully saturated rings. The van der Waals surface area contributed by atoms with Crippen molar-refractivity contribution < 1.29 is 49.1 Å². The van der Waals surface area contributed by atoms with Gasteiger partial charge in [-0.25, -0.2) is 9.59 Å². The number of halogens is 2. The van der Waals surface area contributed by atoms with Crippen LogP contribution < -0.4 is 5.73 Å². The molecule has 1 aliphatic carbocycles. The molecule has 256 valence electrons. The number of hydrogen-bond donors (Lipinski definition) is 5. The topological polar surface area (TPSA) is 194 Å². The summed E-state index contributed by atoms with van der Waals surface area (Å²) in [7, 11) is 0. The molecule has 8 atom stereocenters. The number of aliphatic hydroxyl groups is 3. The number of ether oxygens (including phenoxy) is 2. The van der Waals surface area contributed by atoms with Gasteiger partial charge >= 0.3 is 18.0 Å². The molecule has 13 heteroatoms. The quantitative estimate of drug-likeness (QED) is 0.0446. The van der Waals surface area contributed by atoms with Crippen LogP contribution in [-0.2, 0) is 23.9 Å². The number of amides is 1. The number of rotatable bonds is 18. The number of carboxylic acids is 1. The summed E-state index contributed by atoms with van der Waals surface area (Å²) in [4.78, 5) is 46.9. The van der Waals surface area contributed by atoms with Crippen molar-refractivity contribution in [2.75, 3.05) is 0 Å². The van der Waals surface area contributed by atoms with E-state index >= 15 is 0 Å². The van der Waals surface area contributed by atoms with Crippen molar-refractivity contribution in [1.29, 1.82) is 0 Å². The maximum absolute atomic E-state index is 12.6. The second-order valence-electron chi connectivity index (χ2n) is 11.0. The maximum atomic E-state index is 12.6. The van der Waals surface area contributed by atoms with Crippen molar-refractivity contribution in [2.24, 2.45) is 17.6 Å². The molecule has 0 bridgehead atoms. The van der Waals surface area contributed by atoms with Crippen LogP contribution in [0.1, 0.15) is 59.3 Å². The van der Waals surface area contributed by atoms with Crippen LogP contribution in [0.2, 0.25) is 0 Å². The van der Waals surface area contributed by atoms with Gasteiger partial charge in [0.1, 0.15) is 23.7 Å². The Morgan fingerprint density at radius 1 is 1.02 bits per heavy atom. The van der Waals surface area contributed by atoms with Gasteiger partial charge in [0.2, 0.25) is 0 Å². The number of carbonyl (C=O) groups is 4. The van der Waals surface area contributed by atoms with Gasteiger partial charge in [-0.15, -0.1) is 11.6 Å². The summed E-state index contributed by atoms with van der Waals surface area (Å²) in [6.07, 6.45) is 10.4. The van der Waals surface area contributed by atoms with Crippen LogP contribution in [0.5, 0.6) is 0 Å². The molecule has 1 saturated carbocycles. The minimum absolute atomic E-state index is 0.154. The predicted octanol–water partition coefficient (Wildman–Crippen LogP) is 4.63. The van der Waals surface area contributed by atoms with Crippen LogP contribution in [-0.4, -0.2) is 80.1 Å². The molecule has 0 heterocycles. The van der Waals surface area contributed by atoms with Crippen LogP contribution in [0.4, 0.5) is 4.79 Å². The molecular formula is C33H45Cl2NO10. The SMILES string of the molecule is CC/C=C/[C@@H](OC(N)=O)[C@@H](Cl)[C@H](O)CC(=O)[C@@H](O)[C@H](O)[C@H](C)/C(Cl)=C/C=C/C=C(C)/C=C/C=C/C(=O)OC1CCC[C@H](C(=O)O)C1. The number of allylic oxidation sites excluding steroid dienone is 9. The van der Waals surface area contributed by atoms with Gasteiger partial charge in [-0.2, -0.15) is 0 Å². The highest BCUT2D eigenvalue weighted by Gasteiger charge is 2.35. The van der Waals surface area contributed by atoms with Crippen LogP contribution >= 0.6 is 23.2 Å². The van der Waals surface area contributed by atoms with E-state index < -0.39 is 78.0 Å². The molecule has 6 N–H and O–H groups in total. The first-order chi connectivity index (χ1) is 21.7. The van der Waals surface area contributed by atoms with Crippen LogP contribution in [0.15, 0.2) is 71.4 Å². The van der Waals surface area contributed by atoms with E-state index in [4.69, 9.17) is 43.5 Å². The first-order valence-corrected chi connectivity index (χ1v) is 15.8. The minimum atomic E-state index is -1.87. The molecule has 1 aliphatic rings. The number of alkyl halides is 1. The molecule has 1 amide bonds. The fourth-order valence-corrected chi connectivity index (χ4v) is 4.91. The molecule has 0 aromatic rings. The number of primary amides is 1. The van der Waals surface area contributed by atoms with E-state index in [2.05, 4.69) is 0 Å². The monoisotopic (exact) mass is 685 g/mol. The van der Waals surface area contributed by atoms with E-state index in [0.29, 0.717) is 32.1 Å². The fraction of sp³-hybridized carbons (Fsp3) is 0.515. The van der Waals surface area contributed by atoms with Crippen molar-refractivity contribution in [3.63, 3.8) is 0 Å². The lowest BCUT2D eigenvalue weighted by atomic mass is 9.87. The van der Waals surface area contributed by atoms with Crippen LogP contribution in [0.25, 0.3) is 0 Å². The Morgan fingerprint density at radius 2 is 1.67 bits per heavy atom. The lowest BCUT2D eigenvalue weighted by Gasteiger charge is -2.26. The highest BCUT2D eigenvalue weighted by Crippen LogP contribution is 2.27. The molecule has 0 saturated heterocycles. The van der Waals surface area contributed by atoms with Crippen molar-refractivity contribution in [1.82, 2.24) is 0 Å². The third-order valence-corrected chi connectivity index (χ3v) is 8.20. The van der Waals surface area contributed by atoms with Gasteiger partial charge in [0.15, 0.2) is 5.78 Å². The zero-order valence-electron chi connectivity index (χ0n) is 26.2. The average Bonchev–Trinajstić information content (AvgIpc) is 3.01. The molecule has 0 aromatic carbocycles. The largest absolute Gasteiger partial charge is 0.481 e. The molecule has 0 spiro atoms. The number of esters is 1. The highest BCUT2D eigenvalue weighted by atomic mass is 35.5. The summed E-state index contributed by atoms with van der Waals surface area (Å²) in [5.41, 5.74) is 5.87. The standard InChI is InChI=1S/C33H45Cl2NO10/c1-4-5-16-27(46-33(36)44)29(35)25(37)19-26(38)31(41)30(40)21(3)24(34)15-8-6-11-20(2)12-7-9-17-28(39)45-23-14-10-13-22(18-23)32(42)43/h5-9,11-12,15-17,21-23,25,27,29-31,37,40-41H,4,10,13-14,18-19H2,1-3H3,(H2,36,44)(H,42,43)/b8-6+,12-7+,16-5+,17-9+,20-11+,24-15-/t21-,22+,23?,25-,27-,29+,30-,31-/m1/s1. The number of aliphatic hydroxyl groups excluding tert-OH is 3. The summed E-state index contributed by atoms with van der Waals surface area (Å²) >= 11 is 12.5. The first kappa shape index (κ1) is 40.8. The van der Waals surface area contributed by atoms with Crippen molar-refractivity contribution >= 4 is 47.0 Å². The van der Waals surface area contributed by atoms with E-state index in [1.165, 1.54) is 31.2 Å². The summed E-state index contributed by atoms with van der Waals surface area (Å²) in [6, 6.07) is 0. The zero-order valence-corrected chi connectivity index (χ0v) is 27.7. The number of aliphatic carboxylic acids is 1. The third kappa shape index (κ3) is 15.4. The number of ketones is 1. The molecule has 0 radical (unpaired) electrons. The van der Waals surface area contributed by atoms with Gasteiger partial charge in [-0.05, 0) is 51.2 Å². The first-order valence-electron chi connectivity index (χ1n) is 15.0. The Balaban J connectivity index is 2.63. The van der Waals surface area contributed by atoms with Crippen LogP contribution in [0.3, 0.4) is 0 Å². The number of nitrogens with two attached hydrogens (primary N) is 1. The molecule has 11 nitrogen and oxygen atoms in total. The lowest BCUT2D eigenvalue weighted by Crippen LogP contribution is -2.43. The predicted molar refractivity (Wildman–Crippen MR) is 175 cm³/mol.